The van der Waals surface area contributed by atoms with Crippen LogP contribution in [0.25, 0.3) is 21.5 Å². The molecule has 0 bridgehead atoms. The van der Waals surface area contributed by atoms with Crippen LogP contribution < -0.4 is 0 Å². The molecule has 0 spiro atoms. The molecule has 22 heavy (non-hydrogen) atoms. The minimum absolute atomic E-state index is 0.834. The van der Waals surface area contributed by atoms with Crippen LogP contribution in [0.5, 0.6) is 0 Å². The SMILES string of the molecule is Cc1ccccc1-c1c[nH]nn1.Sc1nc2ccccc2s1. The first-order chi connectivity index (χ1) is 10.7. The Labute approximate surface area is 137 Å². The zero-order valence-electron chi connectivity index (χ0n) is 11.9. The highest BCUT2D eigenvalue weighted by Crippen LogP contribution is 2.23. The van der Waals surface area contributed by atoms with Gasteiger partial charge in [-0.05, 0) is 24.6 Å². The van der Waals surface area contributed by atoms with Crippen molar-refractivity contribution in [3.63, 3.8) is 0 Å². The smallest absolute Gasteiger partial charge is 0.148 e. The topological polar surface area (TPSA) is 54.5 Å². The normalized spacial score (nSPS) is 10.3. The summed E-state index contributed by atoms with van der Waals surface area (Å²) in [6.07, 6.45) is 1.79. The van der Waals surface area contributed by atoms with Gasteiger partial charge in [0.1, 0.15) is 10.0 Å². The number of benzene rings is 2. The van der Waals surface area contributed by atoms with Gasteiger partial charge in [0.25, 0.3) is 0 Å². The molecular formula is C16H14N4S2. The summed E-state index contributed by atoms with van der Waals surface area (Å²) in [6.45, 7) is 2.06. The number of aromatic nitrogens is 4. The van der Waals surface area contributed by atoms with Gasteiger partial charge in [0.05, 0.1) is 10.2 Å². The van der Waals surface area contributed by atoms with Crippen LogP contribution >= 0.6 is 24.0 Å². The standard InChI is InChI=1S/C9H9N3.C7H5NS2/c1-7-4-2-3-5-8(7)9-6-10-12-11-9;9-7-8-5-3-1-2-4-6(5)10-7/h2-6H,1H3,(H,10,11,12);1-4H,(H,8,9). The van der Waals surface area contributed by atoms with Gasteiger partial charge in [-0.1, -0.05) is 41.6 Å². The first-order valence-corrected chi connectivity index (χ1v) is 7.97. The summed E-state index contributed by atoms with van der Waals surface area (Å²) in [6, 6.07) is 16.1. The highest BCUT2D eigenvalue weighted by molar-refractivity contribution is 7.82. The van der Waals surface area contributed by atoms with E-state index in [1.165, 1.54) is 10.3 Å². The van der Waals surface area contributed by atoms with Crippen LogP contribution in [0.3, 0.4) is 0 Å². The Morgan fingerprint density at radius 3 is 2.55 bits per heavy atom. The van der Waals surface area contributed by atoms with Crippen molar-refractivity contribution in [1.82, 2.24) is 20.4 Å². The number of aryl methyl sites for hydroxylation is 1. The summed E-state index contributed by atoms with van der Waals surface area (Å²) < 4.78 is 2.04. The van der Waals surface area contributed by atoms with E-state index in [-0.39, 0.29) is 0 Å². The number of thiol groups is 1. The number of hydrogen-bond donors (Lipinski definition) is 2. The number of nitrogens with one attached hydrogen (secondary N) is 1. The Balaban J connectivity index is 0.000000133. The quantitative estimate of drug-likeness (QED) is 0.511. The van der Waals surface area contributed by atoms with E-state index in [4.69, 9.17) is 0 Å². The van der Waals surface area contributed by atoms with Gasteiger partial charge in [-0.2, -0.15) is 0 Å². The molecule has 0 fully saturated rings. The summed E-state index contributed by atoms with van der Waals surface area (Å²) >= 11 is 5.76. The van der Waals surface area contributed by atoms with Crippen molar-refractivity contribution in [3.8, 4) is 11.3 Å². The van der Waals surface area contributed by atoms with Crippen LogP contribution in [0, 0.1) is 6.92 Å². The molecule has 6 heteroatoms. The van der Waals surface area contributed by atoms with E-state index in [1.807, 2.05) is 42.5 Å². The molecule has 4 nitrogen and oxygen atoms in total. The Morgan fingerprint density at radius 1 is 1.05 bits per heavy atom. The molecule has 1 N–H and O–H groups in total. The lowest BCUT2D eigenvalue weighted by molar-refractivity contribution is 0.942. The average molecular weight is 326 g/mol. The van der Waals surface area contributed by atoms with Crippen LogP contribution in [0.15, 0.2) is 59.1 Å². The lowest BCUT2D eigenvalue weighted by atomic mass is 10.1. The maximum atomic E-state index is 4.20. The van der Waals surface area contributed by atoms with Gasteiger partial charge in [0, 0.05) is 11.8 Å². The molecule has 0 amide bonds. The van der Waals surface area contributed by atoms with Gasteiger partial charge in [-0.3, -0.25) is 5.10 Å². The van der Waals surface area contributed by atoms with Crippen LogP contribution in [0.4, 0.5) is 0 Å². The number of thiazole rings is 1. The van der Waals surface area contributed by atoms with E-state index in [0.29, 0.717) is 0 Å². The first-order valence-electron chi connectivity index (χ1n) is 6.71. The predicted octanol–water partition coefficient (Wildman–Crippen LogP) is 4.37. The molecule has 2 aromatic heterocycles. The van der Waals surface area contributed by atoms with Crippen molar-refractivity contribution in [2.24, 2.45) is 0 Å². The van der Waals surface area contributed by atoms with Crippen LogP contribution in [0.1, 0.15) is 5.56 Å². The fourth-order valence-electron chi connectivity index (χ4n) is 2.05. The van der Waals surface area contributed by atoms with Crippen molar-refractivity contribution >= 4 is 34.2 Å². The molecule has 110 valence electrons. The van der Waals surface area contributed by atoms with Gasteiger partial charge in [-0.15, -0.1) is 29.1 Å². The number of fused-ring (bicyclic) bond motifs is 1. The lowest BCUT2D eigenvalue weighted by Crippen LogP contribution is -1.81. The molecule has 0 unspecified atom stereocenters. The fraction of sp³-hybridized carbons (Fsp3) is 0.0625. The Morgan fingerprint density at radius 2 is 1.82 bits per heavy atom. The Bertz CT molecular complexity index is 836. The highest BCUT2D eigenvalue weighted by Gasteiger charge is 2.01. The van der Waals surface area contributed by atoms with Crippen molar-refractivity contribution in [1.29, 1.82) is 0 Å². The molecule has 4 rings (SSSR count). The summed E-state index contributed by atoms with van der Waals surface area (Å²) in [5, 5.41) is 10.3. The minimum atomic E-state index is 0.834. The van der Waals surface area contributed by atoms with E-state index in [9.17, 15) is 0 Å². The van der Waals surface area contributed by atoms with E-state index < -0.39 is 0 Å². The number of hydrogen-bond acceptors (Lipinski definition) is 5. The van der Waals surface area contributed by atoms with Crippen molar-refractivity contribution in [3.05, 3.63) is 60.3 Å². The molecule has 0 saturated heterocycles. The molecule has 2 heterocycles. The van der Waals surface area contributed by atoms with Crippen molar-refractivity contribution in [2.45, 2.75) is 11.3 Å². The number of nitrogens with zero attached hydrogens (tertiary/aromatic N) is 3. The molecule has 0 atom stereocenters. The highest BCUT2D eigenvalue weighted by atomic mass is 32.2. The number of H-pyrrole nitrogens is 1. The summed E-state index contributed by atoms with van der Waals surface area (Å²) in [5.74, 6) is 0. The molecule has 0 saturated carbocycles. The Hall–Kier alpha value is -2.18. The number of aromatic amines is 1. The first kappa shape index (κ1) is 14.7. The molecule has 4 aromatic rings. The predicted molar refractivity (Wildman–Crippen MR) is 93.4 cm³/mol. The molecule has 2 aromatic carbocycles. The molecule has 0 aliphatic carbocycles. The number of rotatable bonds is 1. The molecule has 0 aliphatic rings. The summed E-state index contributed by atoms with van der Waals surface area (Å²) in [5.41, 5.74) is 4.28. The second-order valence-corrected chi connectivity index (χ2v) is 6.39. The van der Waals surface area contributed by atoms with Gasteiger partial charge in [0.15, 0.2) is 0 Å². The second kappa shape index (κ2) is 6.72. The maximum Gasteiger partial charge on any atom is 0.148 e. The zero-order valence-corrected chi connectivity index (χ0v) is 13.6. The van der Waals surface area contributed by atoms with Crippen LogP contribution in [0.2, 0.25) is 0 Å². The zero-order chi connectivity index (χ0) is 15.4. The van der Waals surface area contributed by atoms with Crippen LogP contribution in [-0.2, 0) is 0 Å². The lowest BCUT2D eigenvalue weighted by Gasteiger charge is -1.98. The number of para-hydroxylation sites is 1. The fourth-order valence-corrected chi connectivity index (χ4v) is 3.16. The van der Waals surface area contributed by atoms with E-state index in [1.54, 1.807) is 17.5 Å². The maximum absolute atomic E-state index is 4.20. The molecule has 0 radical (unpaired) electrons. The van der Waals surface area contributed by atoms with Gasteiger partial charge >= 0.3 is 0 Å². The third-order valence-corrected chi connectivity index (χ3v) is 4.33. The van der Waals surface area contributed by atoms with E-state index in [0.717, 1.165) is 21.1 Å². The van der Waals surface area contributed by atoms with Gasteiger partial charge in [0.2, 0.25) is 0 Å². The van der Waals surface area contributed by atoms with Crippen molar-refractivity contribution < 1.29 is 0 Å². The largest absolute Gasteiger partial charge is 0.265 e. The summed E-state index contributed by atoms with van der Waals surface area (Å²) in [4.78, 5) is 4.20. The Kier molecular flexibility index (Phi) is 4.50. The van der Waals surface area contributed by atoms with Crippen molar-refractivity contribution in [2.75, 3.05) is 0 Å². The van der Waals surface area contributed by atoms with Crippen LogP contribution in [-0.4, -0.2) is 20.4 Å². The third kappa shape index (κ3) is 3.35. The second-order valence-electron chi connectivity index (χ2n) is 4.64. The van der Waals surface area contributed by atoms with E-state index >= 15 is 0 Å². The molecular weight excluding hydrogens is 312 g/mol. The average Bonchev–Trinajstić information content (AvgIpc) is 3.16. The van der Waals surface area contributed by atoms with Gasteiger partial charge < -0.3 is 0 Å². The minimum Gasteiger partial charge on any atom is -0.265 e. The molecule has 0 aliphatic heterocycles. The van der Waals surface area contributed by atoms with Gasteiger partial charge in [-0.25, -0.2) is 4.98 Å². The summed E-state index contributed by atoms with van der Waals surface area (Å²) in [7, 11) is 0. The third-order valence-electron chi connectivity index (χ3n) is 3.12. The van der Waals surface area contributed by atoms with E-state index in [2.05, 4.69) is 46.0 Å². The monoisotopic (exact) mass is 326 g/mol.